The molecule has 180 valence electrons. The van der Waals surface area contributed by atoms with Crippen LogP contribution in [0.1, 0.15) is 121 Å². The second-order valence-corrected chi connectivity index (χ2v) is 11.8. The zero-order chi connectivity index (χ0) is 22.5. The Morgan fingerprint density at radius 3 is 1.97 bits per heavy atom. The van der Waals surface area contributed by atoms with Crippen molar-refractivity contribution in [1.29, 1.82) is 0 Å². The van der Waals surface area contributed by atoms with E-state index in [1.807, 2.05) is 0 Å². The number of hydrogen-bond acceptors (Lipinski definition) is 0. The lowest BCUT2D eigenvalue weighted by Gasteiger charge is -2.45. The Bertz CT molecular complexity index is 701. The van der Waals surface area contributed by atoms with E-state index >= 15 is 0 Å². The van der Waals surface area contributed by atoms with Gasteiger partial charge in [-0.3, -0.25) is 0 Å². The summed E-state index contributed by atoms with van der Waals surface area (Å²) in [5, 5.41) is -0.370. The van der Waals surface area contributed by atoms with E-state index in [-0.39, 0.29) is 10.9 Å². The summed E-state index contributed by atoms with van der Waals surface area (Å²) in [5.41, 5.74) is 0.805. The number of hydrogen-bond donors (Lipinski definition) is 0. The highest BCUT2D eigenvalue weighted by atomic mass is 35.5. The monoisotopic (exact) mass is 464 g/mol. The lowest BCUT2D eigenvalue weighted by molar-refractivity contribution is 0.0613. The van der Waals surface area contributed by atoms with Crippen LogP contribution in [-0.2, 0) is 0 Å². The van der Waals surface area contributed by atoms with Crippen molar-refractivity contribution in [3.63, 3.8) is 0 Å². The number of rotatable bonds is 8. The van der Waals surface area contributed by atoms with Gasteiger partial charge >= 0.3 is 0 Å². The maximum absolute atomic E-state index is 13.9. The first kappa shape index (κ1) is 24.5. The second-order valence-electron chi connectivity index (χ2n) is 11.4. The van der Waals surface area contributed by atoms with Crippen LogP contribution in [0.5, 0.6) is 0 Å². The molecule has 0 heterocycles. The summed E-state index contributed by atoms with van der Waals surface area (Å²) in [7, 11) is 0. The quantitative estimate of drug-likeness (QED) is 0.265. The Morgan fingerprint density at radius 2 is 1.28 bits per heavy atom. The van der Waals surface area contributed by atoms with Crippen LogP contribution in [0, 0.1) is 41.2 Å². The Balaban J connectivity index is 1.21. The van der Waals surface area contributed by atoms with Crippen LogP contribution in [0.25, 0.3) is 0 Å². The minimum Gasteiger partial charge on any atom is -0.205 e. The van der Waals surface area contributed by atoms with E-state index in [4.69, 9.17) is 11.6 Å². The fourth-order valence-electron chi connectivity index (χ4n) is 7.48. The lowest BCUT2D eigenvalue weighted by atomic mass is 9.60. The zero-order valence-corrected chi connectivity index (χ0v) is 20.8. The predicted octanol–water partition coefficient (Wildman–Crippen LogP) is 10.1. The van der Waals surface area contributed by atoms with Gasteiger partial charge in [0.25, 0.3) is 0 Å². The molecule has 3 saturated carbocycles. The third-order valence-corrected chi connectivity index (χ3v) is 9.76. The molecular weight excluding hydrogens is 422 g/mol. The standard InChI is InChI=1S/C29H43ClF2/c1-2-3-4-5-6-7-20-8-9-25-17-24(15-14-23(25)16-20)21-10-12-22(13-11-21)26-18-27(31)29(30)28(32)19-26/h18-25H,2-17H2,1H3. The summed E-state index contributed by atoms with van der Waals surface area (Å²) >= 11 is 5.67. The Kier molecular flexibility index (Phi) is 8.94. The molecule has 3 aliphatic rings. The van der Waals surface area contributed by atoms with Crippen molar-refractivity contribution in [2.45, 2.75) is 116 Å². The van der Waals surface area contributed by atoms with Crippen LogP contribution in [0.4, 0.5) is 8.78 Å². The highest BCUT2D eigenvalue weighted by Crippen LogP contribution is 2.50. The van der Waals surface area contributed by atoms with E-state index in [9.17, 15) is 8.78 Å². The average molecular weight is 465 g/mol. The predicted molar refractivity (Wildman–Crippen MR) is 131 cm³/mol. The van der Waals surface area contributed by atoms with Gasteiger partial charge in [0.05, 0.1) is 0 Å². The van der Waals surface area contributed by atoms with Crippen molar-refractivity contribution in [1.82, 2.24) is 0 Å². The topological polar surface area (TPSA) is 0 Å². The van der Waals surface area contributed by atoms with Crippen molar-refractivity contribution in [3.05, 3.63) is 34.4 Å². The summed E-state index contributed by atoms with van der Waals surface area (Å²) < 4.78 is 27.8. The van der Waals surface area contributed by atoms with E-state index in [1.54, 1.807) is 0 Å². The fourth-order valence-corrected chi connectivity index (χ4v) is 7.59. The zero-order valence-electron chi connectivity index (χ0n) is 20.1. The average Bonchev–Trinajstić information content (AvgIpc) is 2.82. The third kappa shape index (κ3) is 6.08. The highest BCUT2D eigenvalue weighted by molar-refractivity contribution is 6.30. The van der Waals surface area contributed by atoms with Crippen molar-refractivity contribution in [2.75, 3.05) is 0 Å². The molecule has 4 unspecified atom stereocenters. The van der Waals surface area contributed by atoms with E-state index < -0.39 is 11.6 Å². The first-order chi connectivity index (χ1) is 15.5. The summed E-state index contributed by atoms with van der Waals surface area (Å²) in [6, 6.07) is 2.92. The molecule has 0 spiro atoms. The number of halogens is 3. The van der Waals surface area contributed by atoms with Gasteiger partial charge in [0.15, 0.2) is 0 Å². The van der Waals surface area contributed by atoms with E-state index in [1.165, 1.54) is 102 Å². The Morgan fingerprint density at radius 1 is 0.719 bits per heavy atom. The normalized spacial score (nSPS) is 33.1. The van der Waals surface area contributed by atoms with Gasteiger partial charge in [0.2, 0.25) is 0 Å². The van der Waals surface area contributed by atoms with Crippen LogP contribution in [0.15, 0.2) is 12.1 Å². The molecule has 4 rings (SSSR count). The number of fused-ring (bicyclic) bond motifs is 1. The maximum Gasteiger partial charge on any atom is 0.145 e. The lowest BCUT2D eigenvalue weighted by Crippen LogP contribution is -2.34. The number of unbranched alkanes of at least 4 members (excludes halogenated alkanes) is 4. The molecule has 3 heteroatoms. The first-order valence-electron chi connectivity index (χ1n) is 13.7. The minimum absolute atomic E-state index is 0.289. The Labute approximate surface area is 199 Å². The van der Waals surface area contributed by atoms with Gasteiger partial charge in [-0.25, -0.2) is 8.78 Å². The molecule has 0 aliphatic heterocycles. The molecule has 0 radical (unpaired) electrons. The SMILES string of the molecule is CCCCCCCC1CCC2CC(C3CCC(c4cc(F)c(Cl)c(F)c4)CC3)CCC2C1. The van der Waals surface area contributed by atoms with Crippen LogP contribution in [-0.4, -0.2) is 0 Å². The first-order valence-corrected chi connectivity index (χ1v) is 14.1. The molecule has 0 nitrogen and oxygen atoms in total. The number of benzene rings is 1. The van der Waals surface area contributed by atoms with Gasteiger partial charge in [-0.2, -0.15) is 0 Å². The summed E-state index contributed by atoms with van der Waals surface area (Å²) in [5.74, 6) is 3.75. The van der Waals surface area contributed by atoms with E-state index in [0.717, 1.165) is 48.0 Å². The molecular formula is C29H43ClF2. The largest absolute Gasteiger partial charge is 0.205 e. The molecule has 32 heavy (non-hydrogen) atoms. The van der Waals surface area contributed by atoms with E-state index in [0.29, 0.717) is 0 Å². The molecule has 0 N–H and O–H groups in total. The third-order valence-electron chi connectivity index (χ3n) is 9.39. The Hall–Kier alpha value is -0.630. The molecule has 3 aliphatic carbocycles. The van der Waals surface area contributed by atoms with Gasteiger partial charge in [-0.05, 0) is 111 Å². The van der Waals surface area contributed by atoms with Crippen molar-refractivity contribution >= 4 is 11.6 Å². The summed E-state index contributed by atoms with van der Waals surface area (Å²) in [6.07, 6.45) is 21.9. The smallest absolute Gasteiger partial charge is 0.145 e. The van der Waals surface area contributed by atoms with Crippen LogP contribution in [0.3, 0.4) is 0 Å². The van der Waals surface area contributed by atoms with Gasteiger partial charge in [0.1, 0.15) is 16.7 Å². The molecule has 0 saturated heterocycles. The van der Waals surface area contributed by atoms with Crippen molar-refractivity contribution in [2.24, 2.45) is 29.6 Å². The molecule has 1 aromatic rings. The van der Waals surface area contributed by atoms with Gasteiger partial charge in [0, 0.05) is 0 Å². The van der Waals surface area contributed by atoms with Crippen LogP contribution in [0.2, 0.25) is 5.02 Å². The van der Waals surface area contributed by atoms with Gasteiger partial charge in [-0.1, -0.05) is 63.5 Å². The molecule has 0 aromatic heterocycles. The van der Waals surface area contributed by atoms with Gasteiger partial charge in [-0.15, -0.1) is 0 Å². The van der Waals surface area contributed by atoms with E-state index in [2.05, 4.69) is 6.92 Å². The maximum atomic E-state index is 13.9. The van der Waals surface area contributed by atoms with Crippen LogP contribution < -0.4 is 0 Å². The van der Waals surface area contributed by atoms with Crippen molar-refractivity contribution < 1.29 is 8.78 Å². The van der Waals surface area contributed by atoms with Gasteiger partial charge < -0.3 is 0 Å². The molecule has 0 bridgehead atoms. The molecule has 1 aromatic carbocycles. The van der Waals surface area contributed by atoms with Crippen molar-refractivity contribution in [3.8, 4) is 0 Å². The highest BCUT2D eigenvalue weighted by Gasteiger charge is 2.38. The molecule has 0 amide bonds. The fraction of sp³-hybridized carbons (Fsp3) is 0.793. The molecule has 3 fully saturated rings. The second kappa shape index (κ2) is 11.7. The summed E-state index contributed by atoms with van der Waals surface area (Å²) in [6.45, 7) is 2.30. The minimum atomic E-state index is -0.612. The summed E-state index contributed by atoms with van der Waals surface area (Å²) in [4.78, 5) is 0. The molecule has 4 atom stereocenters. The van der Waals surface area contributed by atoms with Crippen LogP contribution >= 0.6 is 11.6 Å².